The third-order valence-electron chi connectivity index (χ3n) is 5.90. The maximum atomic E-state index is 10.8. The van der Waals surface area contributed by atoms with Crippen molar-refractivity contribution in [2.45, 2.75) is 49.3 Å². The molecule has 0 radical (unpaired) electrons. The quantitative estimate of drug-likeness (QED) is 0.408. The van der Waals surface area contributed by atoms with Crippen LogP contribution in [0, 0.1) is 0 Å². The van der Waals surface area contributed by atoms with Crippen LogP contribution >= 0.6 is 0 Å². The number of benzene rings is 2. The van der Waals surface area contributed by atoms with Crippen LogP contribution in [0.15, 0.2) is 36.4 Å². The summed E-state index contributed by atoms with van der Waals surface area (Å²) in [4.78, 5) is 0. The van der Waals surface area contributed by atoms with E-state index >= 15 is 0 Å². The SMILES string of the molecule is COc1cccc(C2CC(O)c3c(OC)cc(O[C@@H]4O[C@H](CO)[C@@H](O)[C@H](O)[C@H]4O)cc3O2)c1. The molecule has 0 bridgehead atoms. The molecule has 0 spiro atoms. The van der Waals surface area contributed by atoms with E-state index in [2.05, 4.69) is 0 Å². The summed E-state index contributed by atoms with van der Waals surface area (Å²) in [5.41, 5.74) is 1.27. The molecule has 2 aliphatic rings. The first kappa shape index (κ1) is 23.6. The predicted molar refractivity (Wildman–Crippen MR) is 113 cm³/mol. The minimum atomic E-state index is -1.57. The topological polar surface area (TPSA) is 147 Å². The number of methoxy groups -OCH3 is 2. The van der Waals surface area contributed by atoms with E-state index in [9.17, 15) is 25.5 Å². The molecule has 2 aromatic rings. The first-order valence-corrected chi connectivity index (χ1v) is 10.5. The van der Waals surface area contributed by atoms with Gasteiger partial charge in [-0.2, -0.15) is 0 Å². The maximum absolute atomic E-state index is 10.8. The zero-order chi connectivity index (χ0) is 23.7. The molecule has 5 N–H and O–H groups in total. The molecular weight excluding hydrogens is 436 g/mol. The Morgan fingerprint density at radius 3 is 2.42 bits per heavy atom. The Morgan fingerprint density at radius 2 is 1.73 bits per heavy atom. The first-order valence-electron chi connectivity index (χ1n) is 10.5. The van der Waals surface area contributed by atoms with Crippen LogP contribution in [-0.4, -0.2) is 77.1 Å². The van der Waals surface area contributed by atoms with Crippen molar-refractivity contribution in [3.63, 3.8) is 0 Å². The van der Waals surface area contributed by atoms with Crippen molar-refractivity contribution < 1.29 is 49.2 Å². The van der Waals surface area contributed by atoms with Crippen LogP contribution in [0.4, 0.5) is 0 Å². The van der Waals surface area contributed by atoms with Gasteiger partial charge in [0.2, 0.25) is 6.29 Å². The molecule has 10 nitrogen and oxygen atoms in total. The van der Waals surface area contributed by atoms with Crippen molar-refractivity contribution in [3.05, 3.63) is 47.5 Å². The highest BCUT2D eigenvalue weighted by molar-refractivity contribution is 5.53. The molecule has 0 aliphatic carbocycles. The average molecular weight is 464 g/mol. The summed E-state index contributed by atoms with van der Waals surface area (Å²) in [5.74, 6) is 1.46. The van der Waals surface area contributed by atoms with Crippen LogP contribution in [0.3, 0.4) is 0 Å². The van der Waals surface area contributed by atoms with Crippen LogP contribution in [0.1, 0.15) is 29.8 Å². The van der Waals surface area contributed by atoms with Gasteiger partial charge in [0.05, 0.1) is 32.5 Å². The summed E-state index contributed by atoms with van der Waals surface area (Å²) in [6.45, 7) is -0.574. The van der Waals surface area contributed by atoms with E-state index in [1.807, 2.05) is 24.3 Å². The zero-order valence-electron chi connectivity index (χ0n) is 18.2. The molecule has 0 aromatic heterocycles. The van der Waals surface area contributed by atoms with Gasteiger partial charge in [-0.15, -0.1) is 0 Å². The van der Waals surface area contributed by atoms with E-state index in [4.69, 9.17) is 23.7 Å². The Bertz CT molecular complexity index is 964. The summed E-state index contributed by atoms with van der Waals surface area (Å²) >= 11 is 0. The fourth-order valence-corrected chi connectivity index (χ4v) is 4.11. The van der Waals surface area contributed by atoms with Gasteiger partial charge in [0.25, 0.3) is 0 Å². The zero-order valence-corrected chi connectivity index (χ0v) is 18.2. The molecule has 2 aromatic carbocycles. The second-order valence-electron chi connectivity index (χ2n) is 7.99. The summed E-state index contributed by atoms with van der Waals surface area (Å²) in [5, 5.41) is 50.5. The number of hydrogen-bond donors (Lipinski definition) is 5. The standard InChI is InChI=1S/C23H28O10/c1-29-12-5-3-4-11(6-12)15-9-14(25)19-16(30-2)7-13(8-17(19)32-15)31-23-22(28)21(27)20(26)18(10-24)33-23/h3-8,14-15,18,20-28H,9-10H2,1-2H3/t14?,15?,18-,20-,21+,22-,23-/m1/s1. The molecule has 4 rings (SSSR count). The normalized spacial score (nSPS) is 31.3. The number of aliphatic hydroxyl groups excluding tert-OH is 5. The Balaban J connectivity index is 1.62. The minimum absolute atomic E-state index is 0.174. The van der Waals surface area contributed by atoms with Crippen molar-refractivity contribution in [2.24, 2.45) is 0 Å². The lowest BCUT2D eigenvalue weighted by atomic mass is 9.94. The number of hydrogen-bond acceptors (Lipinski definition) is 10. The van der Waals surface area contributed by atoms with Gasteiger partial charge in [-0.25, -0.2) is 0 Å². The summed E-state index contributed by atoms with van der Waals surface area (Å²) in [6, 6.07) is 10.4. The third kappa shape index (κ3) is 4.58. The van der Waals surface area contributed by atoms with Crippen molar-refractivity contribution in [3.8, 4) is 23.0 Å². The Labute approximate surface area is 190 Å². The van der Waals surface area contributed by atoms with E-state index < -0.39 is 49.5 Å². The van der Waals surface area contributed by atoms with E-state index in [-0.39, 0.29) is 5.75 Å². The Morgan fingerprint density at radius 1 is 0.939 bits per heavy atom. The van der Waals surface area contributed by atoms with Gasteiger partial charge >= 0.3 is 0 Å². The van der Waals surface area contributed by atoms with Gasteiger partial charge in [-0.05, 0) is 17.7 Å². The monoisotopic (exact) mass is 464 g/mol. The fourth-order valence-electron chi connectivity index (χ4n) is 4.11. The lowest BCUT2D eigenvalue weighted by molar-refractivity contribution is -0.277. The molecule has 2 aliphatic heterocycles. The molecule has 1 fully saturated rings. The highest BCUT2D eigenvalue weighted by Crippen LogP contribution is 2.47. The van der Waals surface area contributed by atoms with E-state index in [0.29, 0.717) is 29.2 Å². The van der Waals surface area contributed by atoms with Gasteiger partial charge < -0.3 is 49.2 Å². The van der Waals surface area contributed by atoms with E-state index in [1.165, 1.54) is 19.2 Å². The molecule has 7 atom stereocenters. The van der Waals surface area contributed by atoms with Crippen LogP contribution in [0.2, 0.25) is 0 Å². The van der Waals surface area contributed by atoms with Crippen LogP contribution < -0.4 is 18.9 Å². The molecule has 0 saturated carbocycles. The van der Waals surface area contributed by atoms with Gasteiger partial charge in [-0.3, -0.25) is 0 Å². The molecule has 2 unspecified atom stereocenters. The van der Waals surface area contributed by atoms with Crippen molar-refractivity contribution in [2.75, 3.05) is 20.8 Å². The number of fused-ring (bicyclic) bond motifs is 1. The first-order chi connectivity index (χ1) is 15.9. The lowest BCUT2D eigenvalue weighted by Crippen LogP contribution is -2.60. The molecule has 0 amide bonds. The van der Waals surface area contributed by atoms with Gasteiger partial charge in [0.15, 0.2) is 0 Å². The van der Waals surface area contributed by atoms with Crippen LogP contribution in [-0.2, 0) is 4.74 Å². The Hall–Kier alpha value is -2.60. The molecule has 180 valence electrons. The van der Waals surface area contributed by atoms with Crippen LogP contribution in [0.25, 0.3) is 0 Å². The van der Waals surface area contributed by atoms with Crippen molar-refractivity contribution >= 4 is 0 Å². The molecular formula is C23H28O10. The highest BCUT2D eigenvalue weighted by atomic mass is 16.7. The smallest absolute Gasteiger partial charge is 0.229 e. The summed E-state index contributed by atoms with van der Waals surface area (Å²) in [7, 11) is 3.01. The minimum Gasteiger partial charge on any atom is -0.497 e. The lowest BCUT2D eigenvalue weighted by Gasteiger charge is -2.39. The van der Waals surface area contributed by atoms with E-state index in [0.717, 1.165) is 5.56 Å². The average Bonchev–Trinajstić information content (AvgIpc) is 2.83. The Kier molecular flexibility index (Phi) is 6.94. The van der Waals surface area contributed by atoms with Crippen molar-refractivity contribution in [1.82, 2.24) is 0 Å². The second-order valence-corrected chi connectivity index (χ2v) is 7.99. The third-order valence-corrected chi connectivity index (χ3v) is 5.90. The van der Waals surface area contributed by atoms with E-state index in [1.54, 1.807) is 7.11 Å². The number of ether oxygens (including phenoxy) is 5. The fraction of sp³-hybridized carbons (Fsp3) is 0.478. The number of aliphatic hydroxyl groups is 5. The van der Waals surface area contributed by atoms with Gasteiger partial charge in [0, 0.05) is 18.6 Å². The maximum Gasteiger partial charge on any atom is 0.229 e. The molecule has 33 heavy (non-hydrogen) atoms. The summed E-state index contributed by atoms with van der Waals surface area (Å²) < 4.78 is 28.0. The number of rotatable bonds is 6. The molecule has 2 heterocycles. The molecule has 10 heteroatoms. The highest BCUT2D eigenvalue weighted by Gasteiger charge is 2.45. The molecule has 1 saturated heterocycles. The van der Waals surface area contributed by atoms with Gasteiger partial charge in [0.1, 0.15) is 53.5 Å². The predicted octanol–water partition coefficient (Wildman–Crippen LogP) is 0.440. The summed E-state index contributed by atoms with van der Waals surface area (Å²) in [6.07, 6.45) is -8.16. The van der Waals surface area contributed by atoms with Gasteiger partial charge in [-0.1, -0.05) is 12.1 Å². The van der Waals surface area contributed by atoms with Crippen LogP contribution in [0.5, 0.6) is 23.0 Å². The second kappa shape index (κ2) is 9.72. The van der Waals surface area contributed by atoms with Crippen molar-refractivity contribution in [1.29, 1.82) is 0 Å². The largest absolute Gasteiger partial charge is 0.497 e.